The number of nitrogens with two attached hydrogens (primary N) is 1. The van der Waals surface area contributed by atoms with Crippen molar-refractivity contribution in [2.75, 3.05) is 0 Å². The molecule has 6 heteroatoms. The smallest absolute Gasteiger partial charge is 0.0954 e. The van der Waals surface area contributed by atoms with Gasteiger partial charge in [0.2, 0.25) is 0 Å². The third-order valence-corrected chi connectivity index (χ3v) is 2.88. The van der Waals surface area contributed by atoms with Gasteiger partial charge in [-0.3, -0.25) is 10.5 Å². The maximum Gasteiger partial charge on any atom is 0.0954 e. The zero-order valence-corrected chi connectivity index (χ0v) is 10.3. The first-order valence-electron chi connectivity index (χ1n) is 5.47. The zero-order chi connectivity index (χ0) is 12.3. The van der Waals surface area contributed by atoms with Crippen LogP contribution in [0.5, 0.6) is 0 Å². The molecular formula is C11H15ClN4O. The number of aryl methyl sites for hydroxylation is 1. The molecule has 0 aromatic carbocycles. The molecule has 0 radical (unpaired) electrons. The number of nitrogens with one attached hydrogen (secondary N) is 1. The number of rotatable bonds is 5. The Bertz CT molecular complexity index is 466. The van der Waals surface area contributed by atoms with Crippen LogP contribution in [-0.2, 0) is 6.54 Å². The van der Waals surface area contributed by atoms with Crippen LogP contribution in [-0.4, -0.2) is 9.78 Å². The van der Waals surface area contributed by atoms with Crippen molar-refractivity contribution >= 4 is 11.6 Å². The summed E-state index contributed by atoms with van der Waals surface area (Å²) in [7, 11) is 0. The second-order valence-electron chi connectivity index (χ2n) is 3.76. The number of nitrogens with zero attached hydrogens (tertiary/aromatic N) is 2. The van der Waals surface area contributed by atoms with Gasteiger partial charge >= 0.3 is 0 Å². The fourth-order valence-electron chi connectivity index (χ4n) is 1.82. The van der Waals surface area contributed by atoms with Crippen molar-refractivity contribution < 1.29 is 4.42 Å². The maximum atomic E-state index is 6.16. The van der Waals surface area contributed by atoms with E-state index in [0.29, 0.717) is 5.02 Å². The molecule has 0 aliphatic carbocycles. The van der Waals surface area contributed by atoms with Gasteiger partial charge in [0.25, 0.3) is 0 Å². The minimum absolute atomic E-state index is 0.213. The van der Waals surface area contributed by atoms with E-state index in [2.05, 4.69) is 17.4 Å². The van der Waals surface area contributed by atoms with Gasteiger partial charge in [0.05, 0.1) is 35.5 Å². The maximum absolute atomic E-state index is 6.16. The van der Waals surface area contributed by atoms with Crippen molar-refractivity contribution in [1.29, 1.82) is 0 Å². The molecule has 2 rings (SSSR count). The first-order valence-corrected chi connectivity index (χ1v) is 5.85. The van der Waals surface area contributed by atoms with Gasteiger partial charge in [0.15, 0.2) is 0 Å². The van der Waals surface area contributed by atoms with Crippen LogP contribution in [0.4, 0.5) is 0 Å². The van der Waals surface area contributed by atoms with Crippen molar-refractivity contribution in [3.05, 3.63) is 41.1 Å². The summed E-state index contributed by atoms with van der Waals surface area (Å²) < 4.78 is 6.93. The van der Waals surface area contributed by atoms with Crippen molar-refractivity contribution in [3.63, 3.8) is 0 Å². The minimum Gasteiger partial charge on any atom is -0.472 e. The van der Waals surface area contributed by atoms with Crippen molar-refractivity contribution in [2.24, 2.45) is 5.84 Å². The van der Waals surface area contributed by atoms with Gasteiger partial charge in [-0.25, -0.2) is 5.43 Å². The molecule has 1 unspecified atom stereocenters. The van der Waals surface area contributed by atoms with Gasteiger partial charge in [-0.15, -0.1) is 0 Å². The fourth-order valence-corrected chi connectivity index (χ4v) is 2.07. The highest BCUT2D eigenvalue weighted by Gasteiger charge is 2.21. The Morgan fingerprint density at radius 3 is 3.06 bits per heavy atom. The Morgan fingerprint density at radius 1 is 1.65 bits per heavy atom. The van der Waals surface area contributed by atoms with Crippen LogP contribution < -0.4 is 11.3 Å². The van der Waals surface area contributed by atoms with Crippen LogP contribution >= 0.6 is 11.6 Å². The van der Waals surface area contributed by atoms with E-state index in [4.69, 9.17) is 21.9 Å². The lowest BCUT2D eigenvalue weighted by atomic mass is 10.1. The minimum atomic E-state index is -0.213. The van der Waals surface area contributed by atoms with Gasteiger partial charge in [0.1, 0.15) is 0 Å². The highest BCUT2D eigenvalue weighted by Crippen LogP contribution is 2.28. The SMILES string of the molecule is CCCn1ncc(Cl)c1C(NN)c1ccoc1. The van der Waals surface area contributed by atoms with Crippen LogP contribution in [0, 0.1) is 0 Å². The predicted octanol–water partition coefficient (Wildman–Crippen LogP) is 2.09. The molecule has 17 heavy (non-hydrogen) atoms. The van der Waals surface area contributed by atoms with Gasteiger partial charge in [-0.1, -0.05) is 18.5 Å². The van der Waals surface area contributed by atoms with Crippen LogP contribution in [0.1, 0.15) is 30.6 Å². The van der Waals surface area contributed by atoms with Crippen molar-refractivity contribution in [1.82, 2.24) is 15.2 Å². The van der Waals surface area contributed by atoms with Crippen LogP contribution in [0.15, 0.2) is 29.2 Å². The van der Waals surface area contributed by atoms with Gasteiger partial charge < -0.3 is 4.42 Å². The topological polar surface area (TPSA) is 69.0 Å². The lowest BCUT2D eigenvalue weighted by Crippen LogP contribution is -2.30. The molecule has 0 saturated carbocycles. The van der Waals surface area contributed by atoms with E-state index < -0.39 is 0 Å². The summed E-state index contributed by atoms with van der Waals surface area (Å²) in [5.74, 6) is 5.60. The first kappa shape index (κ1) is 12.2. The molecule has 0 saturated heterocycles. The molecule has 92 valence electrons. The molecule has 1 atom stereocenters. The van der Waals surface area contributed by atoms with E-state index in [1.807, 2.05) is 10.7 Å². The second kappa shape index (κ2) is 5.35. The summed E-state index contributed by atoms with van der Waals surface area (Å²) >= 11 is 6.16. The Kier molecular flexibility index (Phi) is 3.83. The van der Waals surface area contributed by atoms with E-state index >= 15 is 0 Å². The number of hydrogen-bond donors (Lipinski definition) is 2. The van der Waals surface area contributed by atoms with E-state index in [0.717, 1.165) is 24.2 Å². The van der Waals surface area contributed by atoms with Crippen LogP contribution in [0.3, 0.4) is 0 Å². The Morgan fingerprint density at radius 2 is 2.47 bits per heavy atom. The quantitative estimate of drug-likeness (QED) is 0.633. The van der Waals surface area contributed by atoms with Crippen molar-refractivity contribution in [3.8, 4) is 0 Å². The molecular weight excluding hydrogens is 240 g/mol. The largest absolute Gasteiger partial charge is 0.472 e. The molecule has 2 aromatic heterocycles. The Hall–Kier alpha value is -1.30. The van der Waals surface area contributed by atoms with Gasteiger partial charge in [-0.05, 0) is 12.5 Å². The lowest BCUT2D eigenvalue weighted by molar-refractivity contribution is 0.512. The summed E-state index contributed by atoms with van der Waals surface area (Å²) in [6, 6.07) is 1.64. The second-order valence-corrected chi connectivity index (χ2v) is 4.16. The third kappa shape index (κ3) is 2.36. The standard InChI is InChI=1S/C11H15ClN4O/c1-2-4-16-11(9(12)6-14-16)10(15-13)8-3-5-17-7-8/h3,5-7,10,15H,2,4,13H2,1H3. The van der Waals surface area contributed by atoms with Crippen LogP contribution in [0.25, 0.3) is 0 Å². The monoisotopic (exact) mass is 254 g/mol. The molecule has 0 spiro atoms. The molecule has 0 amide bonds. The van der Waals surface area contributed by atoms with Gasteiger partial charge in [-0.2, -0.15) is 5.10 Å². The number of aromatic nitrogens is 2. The Balaban J connectivity index is 2.39. The highest BCUT2D eigenvalue weighted by molar-refractivity contribution is 6.31. The Labute approximate surface area is 105 Å². The summed E-state index contributed by atoms with van der Waals surface area (Å²) in [4.78, 5) is 0. The van der Waals surface area contributed by atoms with E-state index in [-0.39, 0.29) is 6.04 Å². The fraction of sp³-hybridized carbons (Fsp3) is 0.364. The van der Waals surface area contributed by atoms with E-state index in [1.54, 1.807) is 18.7 Å². The molecule has 5 nitrogen and oxygen atoms in total. The summed E-state index contributed by atoms with van der Waals surface area (Å²) in [6.07, 6.45) is 5.86. The number of furan rings is 1. The summed E-state index contributed by atoms with van der Waals surface area (Å²) in [5.41, 5.74) is 4.52. The normalized spacial score (nSPS) is 12.9. The third-order valence-electron chi connectivity index (χ3n) is 2.59. The molecule has 0 fully saturated rings. The van der Waals surface area contributed by atoms with E-state index in [1.165, 1.54) is 0 Å². The average Bonchev–Trinajstić information content (AvgIpc) is 2.94. The van der Waals surface area contributed by atoms with E-state index in [9.17, 15) is 0 Å². The molecule has 0 aliphatic heterocycles. The molecule has 0 aliphatic rings. The predicted molar refractivity (Wildman–Crippen MR) is 65.4 cm³/mol. The summed E-state index contributed by atoms with van der Waals surface area (Å²) in [6.45, 7) is 2.89. The highest BCUT2D eigenvalue weighted by atomic mass is 35.5. The molecule has 3 N–H and O–H groups in total. The number of hydrazine groups is 1. The van der Waals surface area contributed by atoms with Gasteiger partial charge in [0, 0.05) is 12.1 Å². The molecule has 0 bridgehead atoms. The molecule has 2 heterocycles. The lowest BCUT2D eigenvalue weighted by Gasteiger charge is -2.16. The van der Waals surface area contributed by atoms with Crippen molar-refractivity contribution in [2.45, 2.75) is 25.9 Å². The first-order chi connectivity index (χ1) is 8.27. The number of hydrogen-bond acceptors (Lipinski definition) is 4. The summed E-state index contributed by atoms with van der Waals surface area (Å²) in [5, 5.41) is 4.84. The average molecular weight is 255 g/mol. The zero-order valence-electron chi connectivity index (χ0n) is 9.56. The van der Waals surface area contributed by atoms with Crippen LogP contribution in [0.2, 0.25) is 5.02 Å². The molecule has 2 aromatic rings. The number of halogens is 1.